The molecule has 6 heteroatoms. The van der Waals surface area contributed by atoms with Crippen LogP contribution < -0.4 is 14.8 Å². The molecule has 0 atom stereocenters. The summed E-state index contributed by atoms with van der Waals surface area (Å²) in [6.07, 6.45) is 4.54. The van der Waals surface area contributed by atoms with E-state index in [1.807, 2.05) is 24.3 Å². The molecule has 2 aromatic rings. The molecule has 29 heavy (non-hydrogen) atoms. The molecule has 1 fully saturated rings. The summed E-state index contributed by atoms with van der Waals surface area (Å²) >= 11 is 0. The minimum absolute atomic E-state index is 0.126. The maximum atomic E-state index is 13.4. The van der Waals surface area contributed by atoms with Gasteiger partial charge in [-0.1, -0.05) is 31.4 Å². The van der Waals surface area contributed by atoms with Gasteiger partial charge in [0, 0.05) is 13.0 Å². The Balaban J connectivity index is 1.91. The summed E-state index contributed by atoms with van der Waals surface area (Å²) in [5, 5.41) is 12.4. The van der Waals surface area contributed by atoms with Gasteiger partial charge in [-0.05, 0) is 42.7 Å². The van der Waals surface area contributed by atoms with Crippen molar-refractivity contribution in [2.45, 2.75) is 44.4 Å². The fourth-order valence-electron chi connectivity index (χ4n) is 3.91. The zero-order chi connectivity index (χ0) is 20.9. The molecule has 1 aliphatic carbocycles. The smallest absolute Gasteiger partial charge is 0.308 e. The number of hydrogen-bond donors (Lipinski definition) is 1. The second kappa shape index (κ2) is 8.78. The lowest BCUT2D eigenvalue weighted by molar-refractivity contribution is -0.131. The molecule has 3 rings (SSSR count). The number of nitrogens with zero attached hydrogens (tertiary/aromatic N) is 1. The van der Waals surface area contributed by atoms with Gasteiger partial charge in [0.1, 0.15) is 17.6 Å². The number of methoxy groups -OCH3 is 1. The minimum atomic E-state index is -0.647. The van der Waals surface area contributed by atoms with Crippen LogP contribution >= 0.6 is 0 Å². The van der Waals surface area contributed by atoms with Crippen molar-refractivity contribution >= 4 is 17.6 Å². The highest BCUT2D eigenvalue weighted by atomic mass is 16.5. The van der Waals surface area contributed by atoms with Gasteiger partial charge < -0.3 is 14.8 Å². The summed E-state index contributed by atoms with van der Waals surface area (Å²) in [5.41, 5.74) is 0.960. The highest BCUT2D eigenvalue weighted by molar-refractivity contribution is 6.00. The van der Waals surface area contributed by atoms with Crippen molar-refractivity contribution in [2.24, 2.45) is 0 Å². The Morgan fingerprint density at radius 3 is 2.28 bits per heavy atom. The fourth-order valence-corrected chi connectivity index (χ4v) is 3.91. The van der Waals surface area contributed by atoms with E-state index in [4.69, 9.17) is 9.47 Å². The maximum Gasteiger partial charge on any atom is 0.308 e. The second-order valence-electron chi connectivity index (χ2n) is 7.24. The van der Waals surface area contributed by atoms with Gasteiger partial charge in [0.2, 0.25) is 5.91 Å². The lowest BCUT2D eigenvalue weighted by Gasteiger charge is -2.36. The zero-order valence-corrected chi connectivity index (χ0v) is 16.7. The molecule has 0 saturated heterocycles. The number of rotatable bonds is 5. The van der Waals surface area contributed by atoms with Crippen LogP contribution in [0, 0.1) is 11.3 Å². The van der Waals surface area contributed by atoms with E-state index in [1.54, 1.807) is 19.2 Å². The number of nitriles is 1. The maximum absolute atomic E-state index is 13.4. The number of esters is 1. The van der Waals surface area contributed by atoms with E-state index in [-0.39, 0.29) is 17.2 Å². The number of carbonyl (C=O) groups excluding carboxylic acids is 2. The van der Waals surface area contributed by atoms with Crippen LogP contribution in [0.3, 0.4) is 0 Å². The molecule has 1 saturated carbocycles. The van der Waals surface area contributed by atoms with Crippen LogP contribution in [-0.4, -0.2) is 19.0 Å². The van der Waals surface area contributed by atoms with E-state index in [0.29, 0.717) is 5.69 Å². The first-order valence-corrected chi connectivity index (χ1v) is 9.67. The molecular formula is C23H24N2O4. The topological polar surface area (TPSA) is 88.4 Å². The first kappa shape index (κ1) is 20.4. The number of anilines is 1. The summed E-state index contributed by atoms with van der Waals surface area (Å²) < 4.78 is 10.3. The fraction of sp³-hybridized carbons (Fsp3) is 0.348. The largest absolute Gasteiger partial charge is 0.497 e. The lowest BCUT2D eigenvalue weighted by atomic mass is 9.68. The molecular weight excluding hydrogens is 368 g/mol. The standard InChI is InChI=1S/C23H24N2O4/c1-16(26)29-20-10-11-21(17(14-20)15-24)25-22(27)23(12-4-3-5-13-23)18-6-8-19(28-2)9-7-18/h6-11,14H,3-5,12-13H2,1-2H3,(H,25,27). The van der Waals surface area contributed by atoms with E-state index in [9.17, 15) is 14.9 Å². The van der Waals surface area contributed by atoms with Crippen molar-refractivity contribution < 1.29 is 19.1 Å². The summed E-state index contributed by atoms with van der Waals surface area (Å²) in [6, 6.07) is 14.3. The summed E-state index contributed by atoms with van der Waals surface area (Å²) in [7, 11) is 1.61. The van der Waals surface area contributed by atoms with Crippen LogP contribution in [-0.2, 0) is 15.0 Å². The van der Waals surface area contributed by atoms with E-state index in [1.165, 1.54) is 13.0 Å². The van der Waals surface area contributed by atoms with Gasteiger partial charge in [0.25, 0.3) is 0 Å². The molecule has 0 radical (unpaired) electrons. The number of nitrogens with one attached hydrogen (secondary N) is 1. The van der Waals surface area contributed by atoms with Crippen LogP contribution in [0.2, 0.25) is 0 Å². The number of hydrogen-bond acceptors (Lipinski definition) is 5. The van der Waals surface area contributed by atoms with E-state index in [2.05, 4.69) is 11.4 Å². The van der Waals surface area contributed by atoms with Crippen LogP contribution in [0.15, 0.2) is 42.5 Å². The molecule has 0 spiro atoms. The highest BCUT2D eigenvalue weighted by Gasteiger charge is 2.41. The van der Waals surface area contributed by atoms with Crippen molar-refractivity contribution in [3.8, 4) is 17.6 Å². The van der Waals surface area contributed by atoms with E-state index >= 15 is 0 Å². The predicted molar refractivity (Wildman–Crippen MR) is 109 cm³/mol. The van der Waals surface area contributed by atoms with Gasteiger partial charge in [0.15, 0.2) is 0 Å². The Morgan fingerprint density at radius 2 is 1.69 bits per heavy atom. The van der Waals surface area contributed by atoms with Crippen LogP contribution in [0.1, 0.15) is 50.2 Å². The van der Waals surface area contributed by atoms with Gasteiger partial charge in [0.05, 0.1) is 23.8 Å². The molecule has 150 valence electrons. The molecule has 0 unspecified atom stereocenters. The predicted octanol–water partition coefficient (Wildman–Crippen LogP) is 4.33. The van der Waals surface area contributed by atoms with Crippen molar-refractivity contribution in [3.63, 3.8) is 0 Å². The van der Waals surface area contributed by atoms with Crippen LogP contribution in [0.25, 0.3) is 0 Å². The van der Waals surface area contributed by atoms with Crippen molar-refractivity contribution in [1.82, 2.24) is 0 Å². The van der Waals surface area contributed by atoms with Gasteiger partial charge in [-0.15, -0.1) is 0 Å². The summed E-state index contributed by atoms with van der Waals surface area (Å²) in [4.78, 5) is 24.6. The molecule has 1 N–H and O–H groups in total. The Hall–Kier alpha value is -3.33. The Morgan fingerprint density at radius 1 is 1.03 bits per heavy atom. The average molecular weight is 392 g/mol. The Bertz CT molecular complexity index is 938. The zero-order valence-electron chi connectivity index (χ0n) is 16.7. The minimum Gasteiger partial charge on any atom is -0.497 e. The quantitative estimate of drug-likeness (QED) is 0.604. The summed E-state index contributed by atoms with van der Waals surface area (Å²) in [6.45, 7) is 1.30. The molecule has 0 aromatic heterocycles. The van der Waals surface area contributed by atoms with Gasteiger partial charge in [-0.25, -0.2) is 0 Å². The van der Waals surface area contributed by atoms with E-state index in [0.717, 1.165) is 43.4 Å². The van der Waals surface area contributed by atoms with Crippen molar-refractivity contribution in [2.75, 3.05) is 12.4 Å². The molecule has 2 aromatic carbocycles. The third-order valence-corrected chi connectivity index (χ3v) is 5.41. The first-order chi connectivity index (χ1) is 14.0. The highest BCUT2D eigenvalue weighted by Crippen LogP contribution is 2.41. The molecule has 1 amide bonds. The molecule has 1 aliphatic rings. The molecule has 0 aliphatic heterocycles. The monoisotopic (exact) mass is 392 g/mol. The van der Waals surface area contributed by atoms with E-state index < -0.39 is 11.4 Å². The number of amides is 1. The molecule has 0 heterocycles. The van der Waals surface area contributed by atoms with Crippen molar-refractivity contribution in [3.05, 3.63) is 53.6 Å². The normalized spacial score (nSPS) is 15.1. The van der Waals surface area contributed by atoms with Gasteiger partial charge in [-0.3, -0.25) is 9.59 Å². The molecule has 6 nitrogen and oxygen atoms in total. The van der Waals surface area contributed by atoms with Gasteiger partial charge >= 0.3 is 5.97 Å². The first-order valence-electron chi connectivity index (χ1n) is 9.67. The Kier molecular flexibility index (Phi) is 6.18. The summed E-state index contributed by atoms with van der Waals surface area (Å²) in [5.74, 6) is 0.424. The molecule has 0 bridgehead atoms. The average Bonchev–Trinajstić information content (AvgIpc) is 2.74. The lowest BCUT2D eigenvalue weighted by Crippen LogP contribution is -2.42. The number of carbonyl (C=O) groups is 2. The van der Waals surface area contributed by atoms with Crippen LogP contribution in [0.4, 0.5) is 5.69 Å². The number of ether oxygens (including phenoxy) is 2. The third-order valence-electron chi connectivity index (χ3n) is 5.41. The van der Waals surface area contributed by atoms with Crippen molar-refractivity contribution in [1.29, 1.82) is 5.26 Å². The van der Waals surface area contributed by atoms with Gasteiger partial charge in [-0.2, -0.15) is 5.26 Å². The van der Waals surface area contributed by atoms with Crippen LogP contribution in [0.5, 0.6) is 11.5 Å². The Labute approximate surface area is 170 Å². The SMILES string of the molecule is COc1ccc(C2(C(=O)Nc3ccc(OC(C)=O)cc3C#N)CCCCC2)cc1. The second-order valence-corrected chi connectivity index (χ2v) is 7.24. The third kappa shape index (κ3) is 4.40. The number of benzene rings is 2.